The van der Waals surface area contributed by atoms with Gasteiger partial charge in [-0.25, -0.2) is 0 Å². The zero-order valence-electron chi connectivity index (χ0n) is 13.1. The Morgan fingerprint density at radius 3 is 2.95 bits per heavy atom. The fourth-order valence-corrected chi connectivity index (χ4v) is 2.99. The molecule has 1 aromatic carbocycles. The van der Waals surface area contributed by atoms with E-state index in [4.69, 9.17) is 0 Å². The van der Waals surface area contributed by atoms with Gasteiger partial charge in [0.25, 0.3) is 5.69 Å². The summed E-state index contributed by atoms with van der Waals surface area (Å²) in [5.41, 5.74) is 1.90. The highest BCUT2D eigenvalue weighted by Crippen LogP contribution is 2.23. The fourth-order valence-electron chi connectivity index (χ4n) is 2.99. The zero-order valence-corrected chi connectivity index (χ0v) is 13.1. The molecule has 1 aliphatic rings. The number of nitrogens with zero attached hydrogens (tertiary/aromatic N) is 2. The molecule has 1 saturated heterocycles. The van der Waals surface area contributed by atoms with E-state index >= 15 is 0 Å². The number of likely N-dealkylation sites (tertiary alicyclic amines) is 1. The molecule has 2 unspecified atom stereocenters. The van der Waals surface area contributed by atoms with Crippen molar-refractivity contribution in [1.29, 1.82) is 0 Å². The normalized spacial score (nSPS) is 21.2. The molecule has 2 rings (SSSR count). The van der Waals surface area contributed by atoms with Crippen molar-refractivity contribution in [2.24, 2.45) is 5.92 Å². The highest BCUT2D eigenvalue weighted by Gasteiger charge is 2.19. The average molecular weight is 291 g/mol. The number of hydrogen-bond donors (Lipinski definition) is 1. The first kappa shape index (κ1) is 15.9. The number of benzene rings is 1. The lowest BCUT2D eigenvalue weighted by molar-refractivity contribution is -0.385. The van der Waals surface area contributed by atoms with Crippen molar-refractivity contribution in [2.45, 2.75) is 32.7 Å². The van der Waals surface area contributed by atoms with Gasteiger partial charge < -0.3 is 10.2 Å². The molecular formula is C16H25N3O2. The Bertz CT molecular complexity index is 504. The van der Waals surface area contributed by atoms with Gasteiger partial charge in [0.2, 0.25) is 0 Å². The van der Waals surface area contributed by atoms with E-state index in [0.717, 1.165) is 18.7 Å². The molecule has 5 nitrogen and oxygen atoms in total. The molecule has 0 aliphatic carbocycles. The maximum absolute atomic E-state index is 11.0. The molecule has 1 aromatic rings. The van der Waals surface area contributed by atoms with Gasteiger partial charge >= 0.3 is 0 Å². The summed E-state index contributed by atoms with van der Waals surface area (Å²) in [5, 5.41) is 14.5. The summed E-state index contributed by atoms with van der Waals surface area (Å²) in [5.74, 6) is 0.673. The molecule has 116 valence electrons. The van der Waals surface area contributed by atoms with Crippen LogP contribution >= 0.6 is 0 Å². The molecule has 0 bridgehead atoms. The van der Waals surface area contributed by atoms with Crippen LogP contribution < -0.4 is 5.32 Å². The van der Waals surface area contributed by atoms with Crippen molar-refractivity contribution < 1.29 is 4.92 Å². The van der Waals surface area contributed by atoms with E-state index in [9.17, 15) is 10.1 Å². The summed E-state index contributed by atoms with van der Waals surface area (Å²) in [6.07, 6.45) is 2.52. The minimum atomic E-state index is -0.304. The van der Waals surface area contributed by atoms with Crippen LogP contribution in [0.25, 0.3) is 0 Å². The second-order valence-electron chi connectivity index (χ2n) is 6.20. The Labute approximate surface area is 126 Å². The molecule has 1 N–H and O–H groups in total. The van der Waals surface area contributed by atoms with Crippen molar-refractivity contribution >= 4 is 5.69 Å². The SMILES string of the molecule is Cc1ccc(C(C)NCC2CCCN(C)C2)cc1[N+](=O)[O-]. The van der Waals surface area contributed by atoms with Crippen LogP contribution in [0.5, 0.6) is 0 Å². The summed E-state index contributed by atoms with van der Waals surface area (Å²) in [7, 11) is 2.17. The number of nitro groups is 1. The number of aryl methyl sites for hydroxylation is 1. The van der Waals surface area contributed by atoms with Crippen molar-refractivity contribution in [3.05, 3.63) is 39.4 Å². The summed E-state index contributed by atoms with van der Waals surface area (Å²) >= 11 is 0. The molecule has 2 atom stereocenters. The summed E-state index contributed by atoms with van der Waals surface area (Å²) < 4.78 is 0. The standard InChI is InChI=1S/C16H25N3O2/c1-12-6-7-15(9-16(12)19(20)21)13(2)17-10-14-5-4-8-18(3)11-14/h6-7,9,13-14,17H,4-5,8,10-11H2,1-3H3. The number of hydrogen-bond acceptors (Lipinski definition) is 4. The summed E-state index contributed by atoms with van der Waals surface area (Å²) in [6, 6.07) is 5.64. The molecule has 1 fully saturated rings. The first-order valence-electron chi connectivity index (χ1n) is 7.64. The predicted octanol–water partition coefficient (Wildman–Crippen LogP) is 2.90. The molecule has 1 aliphatic heterocycles. The lowest BCUT2D eigenvalue weighted by atomic mass is 9.97. The minimum Gasteiger partial charge on any atom is -0.310 e. The Morgan fingerprint density at radius 2 is 2.29 bits per heavy atom. The van der Waals surface area contributed by atoms with Crippen molar-refractivity contribution in [2.75, 3.05) is 26.7 Å². The maximum atomic E-state index is 11.0. The third kappa shape index (κ3) is 4.25. The minimum absolute atomic E-state index is 0.136. The number of nitro benzene ring substituents is 1. The van der Waals surface area contributed by atoms with Crippen molar-refractivity contribution in [1.82, 2.24) is 10.2 Å². The third-order valence-corrected chi connectivity index (χ3v) is 4.36. The van der Waals surface area contributed by atoms with E-state index in [-0.39, 0.29) is 16.7 Å². The van der Waals surface area contributed by atoms with Crippen LogP contribution in [-0.2, 0) is 0 Å². The zero-order chi connectivity index (χ0) is 15.4. The van der Waals surface area contributed by atoms with Crippen LogP contribution in [0.3, 0.4) is 0 Å². The van der Waals surface area contributed by atoms with Crippen LogP contribution in [0.15, 0.2) is 18.2 Å². The van der Waals surface area contributed by atoms with Gasteiger partial charge in [0.15, 0.2) is 0 Å². The topological polar surface area (TPSA) is 58.4 Å². The van der Waals surface area contributed by atoms with E-state index in [1.54, 1.807) is 13.0 Å². The van der Waals surface area contributed by atoms with Crippen LogP contribution in [0.2, 0.25) is 0 Å². The highest BCUT2D eigenvalue weighted by molar-refractivity contribution is 5.43. The van der Waals surface area contributed by atoms with Gasteiger partial charge in [0.1, 0.15) is 0 Å². The number of rotatable bonds is 5. The van der Waals surface area contributed by atoms with Crippen LogP contribution in [-0.4, -0.2) is 36.5 Å². The Hall–Kier alpha value is -1.46. The third-order valence-electron chi connectivity index (χ3n) is 4.36. The quantitative estimate of drug-likeness (QED) is 0.669. The van der Waals surface area contributed by atoms with E-state index < -0.39 is 0 Å². The van der Waals surface area contributed by atoms with Crippen molar-refractivity contribution in [3.63, 3.8) is 0 Å². The van der Waals surface area contributed by atoms with Crippen LogP contribution in [0.4, 0.5) is 5.69 Å². The maximum Gasteiger partial charge on any atom is 0.272 e. The molecule has 0 aromatic heterocycles. The van der Waals surface area contributed by atoms with Gasteiger partial charge in [-0.3, -0.25) is 10.1 Å². The first-order chi connectivity index (χ1) is 9.97. The molecule has 0 radical (unpaired) electrons. The van der Waals surface area contributed by atoms with Gasteiger partial charge in [0, 0.05) is 24.2 Å². The van der Waals surface area contributed by atoms with Crippen molar-refractivity contribution in [3.8, 4) is 0 Å². The lowest BCUT2D eigenvalue weighted by Crippen LogP contribution is -2.37. The van der Waals surface area contributed by atoms with E-state index in [0.29, 0.717) is 11.5 Å². The number of piperidine rings is 1. The molecule has 0 amide bonds. The van der Waals surface area contributed by atoms with Gasteiger partial charge in [-0.05, 0) is 58.3 Å². The molecule has 0 saturated carbocycles. The Morgan fingerprint density at radius 1 is 1.52 bits per heavy atom. The molecule has 21 heavy (non-hydrogen) atoms. The van der Waals surface area contributed by atoms with Gasteiger partial charge in [-0.1, -0.05) is 12.1 Å². The smallest absolute Gasteiger partial charge is 0.272 e. The average Bonchev–Trinajstić information content (AvgIpc) is 2.45. The molecule has 0 spiro atoms. The highest BCUT2D eigenvalue weighted by atomic mass is 16.6. The molecule has 1 heterocycles. The Kier molecular flexibility index (Phi) is 5.31. The number of nitrogens with one attached hydrogen (secondary N) is 1. The van der Waals surface area contributed by atoms with Crippen LogP contribution in [0.1, 0.15) is 36.9 Å². The Balaban J connectivity index is 1.95. The van der Waals surface area contributed by atoms with Gasteiger partial charge in [-0.2, -0.15) is 0 Å². The summed E-state index contributed by atoms with van der Waals surface area (Å²) in [4.78, 5) is 13.1. The van der Waals surface area contributed by atoms with E-state index in [1.807, 2.05) is 12.1 Å². The lowest BCUT2D eigenvalue weighted by Gasteiger charge is -2.30. The summed E-state index contributed by atoms with van der Waals surface area (Å²) in [6.45, 7) is 7.13. The largest absolute Gasteiger partial charge is 0.310 e. The molecule has 5 heteroatoms. The molecular weight excluding hydrogens is 266 g/mol. The second-order valence-corrected chi connectivity index (χ2v) is 6.20. The van der Waals surface area contributed by atoms with Crippen LogP contribution in [0, 0.1) is 23.0 Å². The van der Waals surface area contributed by atoms with E-state index in [2.05, 4.69) is 24.2 Å². The van der Waals surface area contributed by atoms with Gasteiger partial charge in [0.05, 0.1) is 4.92 Å². The monoisotopic (exact) mass is 291 g/mol. The predicted molar refractivity (Wildman–Crippen MR) is 84.5 cm³/mol. The second kappa shape index (κ2) is 7.00. The van der Waals surface area contributed by atoms with Gasteiger partial charge in [-0.15, -0.1) is 0 Å². The first-order valence-corrected chi connectivity index (χ1v) is 7.64. The fraction of sp³-hybridized carbons (Fsp3) is 0.625. The van der Waals surface area contributed by atoms with E-state index in [1.165, 1.54) is 19.4 Å².